The van der Waals surface area contributed by atoms with Crippen molar-refractivity contribution in [1.29, 1.82) is 0 Å². The van der Waals surface area contributed by atoms with Gasteiger partial charge in [-0.3, -0.25) is 0 Å². The van der Waals surface area contributed by atoms with E-state index in [0.29, 0.717) is 0 Å². The van der Waals surface area contributed by atoms with Gasteiger partial charge in [0.2, 0.25) is 0 Å². The Hall–Kier alpha value is -1.68. The lowest BCUT2D eigenvalue weighted by molar-refractivity contribution is 0.280. The molecule has 2 aromatic rings. The van der Waals surface area contributed by atoms with E-state index in [1.165, 1.54) is 0 Å². The molecule has 0 radical (unpaired) electrons. The molecule has 4 heteroatoms. The van der Waals surface area contributed by atoms with Crippen LogP contribution in [-0.4, -0.2) is 26.7 Å². The fourth-order valence-electron chi connectivity index (χ4n) is 1.94. The molecule has 0 spiro atoms. The molecule has 90 valence electrons. The maximum Gasteiger partial charge on any atom is 0.116 e. The molecule has 1 N–H and O–H groups in total. The summed E-state index contributed by atoms with van der Waals surface area (Å²) in [5, 5.41) is 17.1. The minimum Gasteiger partial charge on any atom is -0.396 e. The Balaban J connectivity index is 2.34. The Kier molecular flexibility index (Phi) is 3.54. The monoisotopic (exact) mass is 231 g/mol. The number of aryl methyl sites for hydroxylation is 2. The highest BCUT2D eigenvalue weighted by molar-refractivity contribution is 5.81. The second-order valence-corrected chi connectivity index (χ2v) is 4.09. The summed E-state index contributed by atoms with van der Waals surface area (Å²) in [6.07, 6.45) is 3.54. The van der Waals surface area contributed by atoms with Crippen molar-refractivity contribution in [3.05, 3.63) is 29.8 Å². The normalized spacial score (nSPS) is 10.9. The molecule has 0 fully saturated rings. The molecule has 0 amide bonds. The molecule has 0 aliphatic heterocycles. The highest BCUT2D eigenvalue weighted by Crippen LogP contribution is 2.20. The third-order valence-electron chi connectivity index (χ3n) is 2.98. The van der Waals surface area contributed by atoms with Gasteiger partial charge in [0.1, 0.15) is 5.52 Å². The Morgan fingerprint density at radius 3 is 2.94 bits per heavy atom. The van der Waals surface area contributed by atoms with Crippen LogP contribution in [0.25, 0.3) is 17.1 Å². The molecule has 0 bridgehead atoms. The molecule has 1 aromatic carbocycles. The largest absolute Gasteiger partial charge is 0.396 e. The molecule has 17 heavy (non-hydrogen) atoms. The fourth-order valence-corrected chi connectivity index (χ4v) is 1.94. The van der Waals surface area contributed by atoms with Gasteiger partial charge in [-0.15, -0.1) is 5.10 Å². The highest BCUT2D eigenvalue weighted by atomic mass is 16.2. The molecule has 0 unspecified atom stereocenters. The molecule has 0 saturated heterocycles. The number of aromatic nitrogens is 3. The average Bonchev–Trinajstić information content (AvgIpc) is 2.74. The van der Waals surface area contributed by atoms with Gasteiger partial charge < -0.3 is 5.11 Å². The van der Waals surface area contributed by atoms with Gasteiger partial charge in [0.05, 0.1) is 5.52 Å². The van der Waals surface area contributed by atoms with Crippen molar-refractivity contribution in [1.82, 2.24) is 15.0 Å². The van der Waals surface area contributed by atoms with E-state index in [4.69, 9.17) is 5.11 Å². The van der Waals surface area contributed by atoms with Crippen LogP contribution in [0.3, 0.4) is 0 Å². The van der Waals surface area contributed by atoms with E-state index in [1.807, 2.05) is 29.8 Å². The first-order chi connectivity index (χ1) is 8.27. The van der Waals surface area contributed by atoms with Crippen molar-refractivity contribution >= 4 is 17.1 Å². The Morgan fingerprint density at radius 2 is 2.24 bits per heavy atom. The summed E-state index contributed by atoms with van der Waals surface area (Å²) in [6, 6.07) is 4.06. The Morgan fingerprint density at radius 1 is 1.41 bits per heavy atom. The van der Waals surface area contributed by atoms with Gasteiger partial charge in [-0.25, -0.2) is 4.68 Å². The average molecular weight is 231 g/mol. The summed E-state index contributed by atoms with van der Waals surface area (Å²) < 4.78 is 1.89. The summed E-state index contributed by atoms with van der Waals surface area (Å²) in [6.45, 7) is 6.84. The highest BCUT2D eigenvalue weighted by Gasteiger charge is 2.08. The molecule has 2 rings (SSSR count). The third kappa shape index (κ3) is 2.22. The molecular formula is C13H17N3O. The number of hydrogen-bond donors (Lipinski definition) is 1. The summed E-state index contributed by atoms with van der Waals surface area (Å²) in [5.41, 5.74) is 4.20. The lowest BCUT2D eigenvalue weighted by Gasteiger charge is -2.03. The maximum atomic E-state index is 8.76. The second kappa shape index (κ2) is 5.10. The minimum absolute atomic E-state index is 0.228. The number of rotatable bonds is 5. The van der Waals surface area contributed by atoms with Crippen LogP contribution in [0.5, 0.6) is 0 Å². The lowest BCUT2D eigenvalue weighted by atomic mass is 10.1. The van der Waals surface area contributed by atoms with Gasteiger partial charge in [-0.05, 0) is 37.0 Å². The van der Waals surface area contributed by atoms with Gasteiger partial charge in [-0.1, -0.05) is 23.9 Å². The molecule has 4 nitrogen and oxygen atoms in total. The van der Waals surface area contributed by atoms with Crippen molar-refractivity contribution in [2.24, 2.45) is 0 Å². The van der Waals surface area contributed by atoms with Crippen LogP contribution in [0.2, 0.25) is 0 Å². The predicted molar refractivity (Wildman–Crippen MR) is 68.7 cm³/mol. The van der Waals surface area contributed by atoms with Crippen molar-refractivity contribution in [3.8, 4) is 0 Å². The van der Waals surface area contributed by atoms with Gasteiger partial charge >= 0.3 is 0 Å². The Labute approximate surface area is 101 Å². The van der Waals surface area contributed by atoms with E-state index >= 15 is 0 Å². The minimum atomic E-state index is 0.228. The number of aliphatic hydroxyl groups excluding tert-OH is 1. The number of fused-ring (bicyclic) bond motifs is 1. The smallest absolute Gasteiger partial charge is 0.116 e. The predicted octanol–water partition coefficient (Wildman–Crippen LogP) is 2.16. The molecule has 1 heterocycles. The number of nitrogens with zero attached hydrogens (tertiary/aromatic N) is 3. The van der Waals surface area contributed by atoms with E-state index in [2.05, 4.69) is 16.9 Å². The van der Waals surface area contributed by atoms with Crippen LogP contribution in [-0.2, 0) is 6.54 Å². The molecule has 0 aliphatic rings. The van der Waals surface area contributed by atoms with Gasteiger partial charge in [0, 0.05) is 13.2 Å². The lowest BCUT2D eigenvalue weighted by Crippen LogP contribution is -2.01. The summed E-state index contributed by atoms with van der Waals surface area (Å²) in [7, 11) is 0. The zero-order chi connectivity index (χ0) is 12.3. The summed E-state index contributed by atoms with van der Waals surface area (Å²) in [5.74, 6) is 0. The first-order valence-corrected chi connectivity index (χ1v) is 5.84. The molecular weight excluding hydrogens is 214 g/mol. The first kappa shape index (κ1) is 11.8. The quantitative estimate of drug-likeness (QED) is 0.802. The van der Waals surface area contributed by atoms with E-state index in [1.54, 1.807) is 0 Å². The van der Waals surface area contributed by atoms with Crippen LogP contribution >= 0.6 is 0 Å². The third-order valence-corrected chi connectivity index (χ3v) is 2.98. The van der Waals surface area contributed by atoms with Crippen LogP contribution in [0.1, 0.15) is 24.0 Å². The second-order valence-electron chi connectivity index (χ2n) is 4.09. The number of aliphatic hydroxyl groups is 1. The van der Waals surface area contributed by atoms with Crippen LogP contribution in [0.15, 0.2) is 18.7 Å². The van der Waals surface area contributed by atoms with E-state index in [9.17, 15) is 0 Å². The van der Waals surface area contributed by atoms with E-state index in [0.717, 1.165) is 41.5 Å². The molecule has 0 aliphatic carbocycles. The van der Waals surface area contributed by atoms with Crippen LogP contribution in [0.4, 0.5) is 0 Å². The van der Waals surface area contributed by atoms with Gasteiger partial charge in [0.15, 0.2) is 0 Å². The zero-order valence-electron chi connectivity index (χ0n) is 10.1. The van der Waals surface area contributed by atoms with Gasteiger partial charge in [-0.2, -0.15) is 0 Å². The number of hydrogen-bond acceptors (Lipinski definition) is 3. The topological polar surface area (TPSA) is 50.9 Å². The molecule has 0 saturated carbocycles. The summed E-state index contributed by atoms with van der Waals surface area (Å²) >= 11 is 0. The van der Waals surface area contributed by atoms with Crippen molar-refractivity contribution < 1.29 is 5.11 Å². The van der Waals surface area contributed by atoms with Gasteiger partial charge in [0.25, 0.3) is 0 Å². The zero-order valence-corrected chi connectivity index (χ0v) is 10.1. The molecule has 0 atom stereocenters. The van der Waals surface area contributed by atoms with E-state index < -0.39 is 0 Å². The SMILES string of the molecule is C=Cc1ccc2c(nnn2CCCCO)c1C. The molecule has 1 aromatic heterocycles. The first-order valence-electron chi connectivity index (χ1n) is 5.84. The van der Waals surface area contributed by atoms with Crippen molar-refractivity contribution in [3.63, 3.8) is 0 Å². The van der Waals surface area contributed by atoms with Crippen molar-refractivity contribution in [2.45, 2.75) is 26.3 Å². The summed E-state index contributed by atoms with van der Waals surface area (Å²) in [4.78, 5) is 0. The number of benzene rings is 1. The number of unbranched alkanes of at least 4 members (excludes halogenated alkanes) is 1. The standard InChI is InChI=1S/C13H17N3O/c1-3-11-6-7-12-13(10(11)2)14-15-16(12)8-4-5-9-17/h3,6-7,17H,1,4-5,8-9H2,2H3. The van der Waals surface area contributed by atoms with E-state index in [-0.39, 0.29) is 6.61 Å². The Bertz CT molecular complexity index is 531. The fraction of sp³-hybridized carbons (Fsp3) is 0.385. The maximum absolute atomic E-state index is 8.76. The van der Waals surface area contributed by atoms with Crippen LogP contribution in [0, 0.1) is 6.92 Å². The van der Waals surface area contributed by atoms with Crippen LogP contribution < -0.4 is 0 Å². The van der Waals surface area contributed by atoms with Crippen molar-refractivity contribution in [2.75, 3.05) is 6.61 Å².